The molecule has 23 nitrogen and oxygen atoms in total. The number of H-pyrrole nitrogens is 5. The van der Waals surface area contributed by atoms with Gasteiger partial charge in [-0.1, -0.05) is 44.2 Å². The van der Waals surface area contributed by atoms with Crippen LogP contribution in [0.3, 0.4) is 0 Å². The molecule has 9 aromatic rings. The second-order valence-electron chi connectivity index (χ2n) is 18.0. The highest BCUT2D eigenvalue weighted by Gasteiger charge is 2.33. The number of imide groups is 2. The van der Waals surface area contributed by atoms with E-state index in [1.165, 1.54) is 49.9 Å². The van der Waals surface area contributed by atoms with Crippen molar-refractivity contribution in [3.8, 4) is 17.1 Å². The Kier molecular flexibility index (Phi) is 27.1. The summed E-state index contributed by atoms with van der Waals surface area (Å²) >= 11 is 0. The van der Waals surface area contributed by atoms with Gasteiger partial charge in [0.05, 0.1) is 5.69 Å². The molecule has 8 aromatic heterocycles. The normalized spacial score (nSPS) is 13.8. The topological polar surface area (TPSA) is 323 Å². The predicted octanol–water partition coefficient (Wildman–Crippen LogP) is 7.33. The maximum absolute atomic E-state index is 13.2. The first-order valence-electron chi connectivity index (χ1n) is 25.0. The number of piperidine rings is 1. The first-order chi connectivity index (χ1) is 38.7. The molecule has 2 fully saturated rings. The van der Waals surface area contributed by atoms with Gasteiger partial charge in [-0.2, -0.15) is 38.5 Å². The molecule has 27 heteroatoms. The molecule has 7 N–H and O–H groups in total. The summed E-state index contributed by atoms with van der Waals surface area (Å²) < 4.78 is 56.0. The van der Waals surface area contributed by atoms with E-state index in [0.29, 0.717) is 25.0 Å². The number of aromatic nitrogens is 13. The molecule has 436 valence electrons. The van der Waals surface area contributed by atoms with Gasteiger partial charge < -0.3 is 14.5 Å². The van der Waals surface area contributed by atoms with Crippen LogP contribution in [0, 0.1) is 66.1 Å². The quantitative estimate of drug-likeness (QED) is 0.0658. The Bertz CT molecular complexity index is 3520. The standard InChI is InChI=1S/C9H7FN2O2.C9H9N3.C6H9NO2.2C6H7NO.C5H5F3N2.C5H8N2.C5H7NO2.C4H6N2/c1-6-11-9(13)12(14-6)8-5-3-2-4-7(8)10;1-7-6-9(12-11-7)8-4-2-3-5-10-8;1-4-2-3-5(8)7-6(4)9;1-5-2-3-6(8)7-4-5;1-5-3-2-4-6(8)7-5;1-3-2-4(10-9-3)5(6,7)8;1-5-3-4-6-7(5)2;1-3-2-4(7)6-5(3)8;1-4-2-3-5-6-4/h2-5H,1H3;2-6H,1H3,(H,11,12);4H,2-3H2,1H3,(H,7,8,9);2*2-4H,1H3,(H,7,8);2H,1H3,(H,9,10);3-4H,1-2H3;3H,2H2,1H3,(H,6,7,8);2-3H,1H3,(H,5,6). The number of aryl methyl sites for hydroxylation is 8. The molecule has 2 unspecified atom stereocenters. The van der Waals surface area contributed by atoms with E-state index in [0.717, 1.165) is 44.8 Å². The Labute approximate surface area is 467 Å². The highest BCUT2D eigenvalue weighted by atomic mass is 19.4. The van der Waals surface area contributed by atoms with Gasteiger partial charge in [0.2, 0.25) is 40.6 Å². The van der Waals surface area contributed by atoms with Gasteiger partial charge >= 0.3 is 11.9 Å². The molecule has 2 aliphatic heterocycles. The van der Waals surface area contributed by atoms with Crippen LogP contribution in [0.1, 0.15) is 78.7 Å². The van der Waals surface area contributed by atoms with Crippen molar-refractivity contribution in [2.24, 2.45) is 18.9 Å². The predicted molar refractivity (Wildman–Crippen MR) is 295 cm³/mol. The van der Waals surface area contributed by atoms with E-state index >= 15 is 0 Å². The number of nitrogens with zero attached hydrogens (tertiary/aromatic N) is 8. The summed E-state index contributed by atoms with van der Waals surface area (Å²) in [5.74, 6) is -0.976. The highest BCUT2D eigenvalue weighted by molar-refractivity contribution is 6.03. The largest absolute Gasteiger partial charge is 0.435 e. The van der Waals surface area contributed by atoms with Crippen LogP contribution < -0.4 is 27.4 Å². The zero-order chi connectivity index (χ0) is 60.9. The molecule has 0 saturated carbocycles. The number of hydrogen-bond acceptors (Lipinski definition) is 14. The van der Waals surface area contributed by atoms with E-state index < -0.39 is 23.4 Å². The summed E-state index contributed by atoms with van der Waals surface area (Å²) in [7, 11) is 1.93. The third kappa shape index (κ3) is 25.2. The van der Waals surface area contributed by atoms with Crippen LogP contribution in [0.25, 0.3) is 17.1 Å². The van der Waals surface area contributed by atoms with E-state index in [1.54, 1.807) is 49.9 Å². The molecule has 0 aliphatic carbocycles. The lowest BCUT2D eigenvalue weighted by Gasteiger charge is -2.15. The maximum Gasteiger partial charge on any atom is 0.435 e. The molecular weight excluding hydrogens is 1070 g/mol. The van der Waals surface area contributed by atoms with Crippen LogP contribution in [0.4, 0.5) is 17.6 Å². The number of aromatic amines is 5. The number of alkyl halides is 3. The van der Waals surface area contributed by atoms with Crippen LogP contribution in [0.15, 0.2) is 141 Å². The maximum atomic E-state index is 13.2. The second-order valence-corrected chi connectivity index (χ2v) is 18.0. The van der Waals surface area contributed by atoms with E-state index in [-0.39, 0.29) is 58.2 Å². The Hall–Kier alpha value is -9.95. The fraction of sp³-hybridized carbons (Fsp3) is 0.291. The van der Waals surface area contributed by atoms with Crippen molar-refractivity contribution in [3.63, 3.8) is 0 Å². The number of halogens is 4. The molecule has 2 aliphatic rings. The van der Waals surface area contributed by atoms with Gasteiger partial charge in [0.1, 0.15) is 11.4 Å². The third-order valence-corrected chi connectivity index (χ3v) is 10.6. The van der Waals surface area contributed by atoms with Gasteiger partial charge in [0.25, 0.3) is 0 Å². The molecule has 0 spiro atoms. The van der Waals surface area contributed by atoms with E-state index in [1.807, 2.05) is 95.7 Å². The molecule has 0 radical (unpaired) electrons. The minimum absolute atomic E-state index is 0.0164. The number of carbonyl (C=O) groups is 4. The van der Waals surface area contributed by atoms with Crippen LogP contribution in [0.2, 0.25) is 0 Å². The number of hydrogen-bond donors (Lipinski definition) is 7. The van der Waals surface area contributed by atoms with Crippen molar-refractivity contribution in [2.45, 2.75) is 87.8 Å². The Balaban J connectivity index is 0.000000245. The van der Waals surface area contributed by atoms with Gasteiger partial charge in [-0.25, -0.2) is 9.18 Å². The molecule has 10 heterocycles. The summed E-state index contributed by atoms with van der Waals surface area (Å²) in [5, 5.41) is 27.0. The minimum atomic E-state index is -4.33. The number of para-hydroxylation sites is 1. The lowest BCUT2D eigenvalue weighted by molar-refractivity contribution is -0.141. The summed E-state index contributed by atoms with van der Waals surface area (Å²) in [6, 6.07) is 26.8. The number of pyridine rings is 3. The SMILES string of the molecule is CC1CC(=O)NC1=O.CC1CCC(=O)NC1=O.Cc1cc(-c2ccccn2)n[nH]1.Cc1cc(C(F)(F)F)n[nH]1.Cc1ccc(=O)[nH]c1.Cc1cccc(=O)[nH]1.Cc1ccn[nH]1.Cc1ccnn1C.Cc1nc(=O)n(-c2ccccc2F)o1. The number of benzene rings is 1. The van der Waals surface area contributed by atoms with Crippen molar-refractivity contribution in [2.75, 3.05) is 0 Å². The average molecular weight is 1140 g/mol. The van der Waals surface area contributed by atoms with E-state index in [2.05, 4.69) is 66.3 Å². The fourth-order valence-corrected chi connectivity index (χ4v) is 6.06. The summed E-state index contributed by atoms with van der Waals surface area (Å²) in [5.41, 5.74) is 6.03. The van der Waals surface area contributed by atoms with Gasteiger partial charge in [0.15, 0.2) is 11.5 Å². The third-order valence-electron chi connectivity index (χ3n) is 10.6. The molecule has 11 rings (SSSR count). The number of rotatable bonds is 2. The molecule has 82 heavy (non-hydrogen) atoms. The summed E-state index contributed by atoms with van der Waals surface area (Å²) in [6.07, 6.45) is 4.19. The van der Waals surface area contributed by atoms with Gasteiger partial charge in [-0.05, 0) is 108 Å². The van der Waals surface area contributed by atoms with Crippen molar-refractivity contribution in [1.29, 1.82) is 0 Å². The van der Waals surface area contributed by atoms with Crippen LogP contribution in [-0.2, 0) is 32.4 Å². The first-order valence-corrected chi connectivity index (χ1v) is 25.0. The molecular formula is C55H65F4N15O8. The zero-order valence-electron chi connectivity index (χ0n) is 46.7. The fourth-order valence-electron chi connectivity index (χ4n) is 6.06. The molecule has 4 amide bonds. The van der Waals surface area contributed by atoms with Crippen molar-refractivity contribution in [3.05, 3.63) is 204 Å². The van der Waals surface area contributed by atoms with E-state index in [9.17, 15) is 51.1 Å². The van der Waals surface area contributed by atoms with E-state index in [4.69, 9.17) is 4.52 Å². The van der Waals surface area contributed by atoms with Gasteiger partial charge in [-0.15, -0.1) is 4.74 Å². The average Bonchev–Trinajstić information content (AvgIpc) is 4.39. The first kappa shape index (κ1) is 66.3. The Morgan fingerprint density at radius 2 is 1.30 bits per heavy atom. The van der Waals surface area contributed by atoms with Crippen molar-refractivity contribution >= 4 is 23.6 Å². The number of carbonyl (C=O) groups excluding carboxylic acids is 4. The highest BCUT2D eigenvalue weighted by Crippen LogP contribution is 2.27. The van der Waals surface area contributed by atoms with Crippen molar-refractivity contribution in [1.82, 2.24) is 75.7 Å². The van der Waals surface area contributed by atoms with Crippen LogP contribution in [-0.4, -0.2) is 88.7 Å². The summed E-state index contributed by atoms with van der Waals surface area (Å²) in [6.45, 7) is 16.3. The molecule has 2 saturated heterocycles. The number of nitrogens with one attached hydrogen (secondary N) is 7. The Morgan fingerprint density at radius 1 is 0.634 bits per heavy atom. The zero-order valence-corrected chi connectivity index (χ0v) is 46.7. The molecule has 1 aromatic carbocycles. The van der Waals surface area contributed by atoms with Crippen molar-refractivity contribution < 1.29 is 41.3 Å². The smallest absolute Gasteiger partial charge is 0.355 e. The van der Waals surface area contributed by atoms with Crippen LogP contribution >= 0.6 is 0 Å². The molecule has 0 bridgehead atoms. The monoisotopic (exact) mass is 1140 g/mol. The Morgan fingerprint density at radius 3 is 1.67 bits per heavy atom. The lowest BCUT2D eigenvalue weighted by atomic mass is 10.0. The summed E-state index contributed by atoms with van der Waals surface area (Å²) in [4.78, 5) is 86.8. The lowest BCUT2D eigenvalue weighted by Crippen LogP contribution is -2.39. The van der Waals surface area contributed by atoms with Crippen LogP contribution in [0.5, 0.6) is 0 Å². The van der Waals surface area contributed by atoms with Gasteiger partial charge in [0, 0.05) is 104 Å². The molecule has 2 atom stereocenters. The minimum Gasteiger partial charge on any atom is -0.355 e. The van der Waals surface area contributed by atoms with Gasteiger partial charge in [-0.3, -0.25) is 64.4 Å². The number of amides is 4. The second kappa shape index (κ2) is 33.5.